The van der Waals surface area contributed by atoms with Crippen molar-refractivity contribution in [3.8, 4) is 0 Å². The van der Waals surface area contributed by atoms with Crippen LogP contribution < -0.4 is 10.6 Å². The highest BCUT2D eigenvalue weighted by Gasteiger charge is 2.23. The highest BCUT2D eigenvalue weighted by atomic mass is 16.4. The molecule has 0 spiro atoms. The van der Waals surface area contributed by atoms with Crippen LogP contribution in [-0.2, 0) is 20.8 Å². The summed E-state index contributed by atoms with van der Waals surface area (Å²) in [5, 5.41) is 14.0. The van der Waals surface area contributed by atoms with E-state index >= 15 is 0 Å². The Morgan fingerprint density at radius 2 is 1.75 bits per heavy atom. The van der Waals surface area contributed by atoms with Gasteiger partial charge in [-0.3, -0.25) is 9.59 Å². The van der Waals surface area contributed by atoms with Crippen LogP contribution in [0.25, 0.3) is 0 Å². The third-order valence-corrected chi connectivity index (χ3v) is 2.71. The zero-order valence-corrected chi connectivity index (χ0v) is 11.4. The molecule has 20 heavy (non-hydrogen) atoms. The number of nitrogens with one attached hydrogen (secondary N) is 2. The summed E-state index contributed by atoms with van der Waals surface area (Å²) < 4.78 is 0. The first-order chi connectivity index (χ1) is 9.40. The summed E-state index contributed by atoms with van der Waals surface area (Å²) in [4.78, 5) is 33.8. The number of rotatable bonds is 6. The van der Waals surface area contributed by atoms with Crippen molar-refractivity contribution in [1.82, 2.24) is 10.6 Å². The number of hydrogen-bond acceptors (Lipinski definition) is 3. The molecule has 2 atom stereocenters. The molecule has 0 aliphatic carbocycles. The van der Waals surface area contributed by atoms with Crippen LogP contribution in [0.5, 0.6) is 0 Å². The van der Waals surface area contributed by atoms with Crippen molar-refractivity contribution in [2.45, 2.75) is 32.4 Å². The third kappa shape index (κ3) is 5.09. The summed E-state index contributed by atoms with van der Waals surface area (Å²) in [5.74, 6) is -1.98. The van der Waals surface area contributed by atoms with Gasteiger partial charge in [0.1, 0.15) is 12.1 Å². The minimum Gasteiger partial charge on any atom is -0.480 e. The smallest absolute Gasteiger partial charge is 0.326 e. The van der Waals surface area contributed by atoms with Gasteiger partial charge in [0.05, 0.1) is 0 Å². The van der Waals surface area contributed by atoms with Gasteiger partial charge in [-0.05, 0) is 12.5 Å². The quantitative estimate of drug-likeness (QED) is 0.698. The standard InChI is InChI=1S/C14H18N2O4/c1-9(15-10(2)17)13(18)16-12(14(19)20)8-11-6-4-3-5-7-11/h3-7,9,12H,8H2,1-2H3,(H,15,17)(H,16,18)(H,19,20)/t9?,12-/m1/s1. The Bertz CT molecular complexity index is 487. The molecule has 0 radical (unpaired) electrons. The monoisotopic (exact) mass is 278 g/mol. The van der Waals surface area contributed by atoms with Crippen molar-refractivity contribution in [1.29, 1.82) is 0 Å². The molecule has 3 N–H and O–H groups in total. The zero-order valence-electron chi connectivity index (χ0n) is 11.4. The van der Waals surface area contributed by atoms with Gasteiger partial charge >= 0.3 is 5.97 Å². The van der Waals surface area contributed by atoms with Gasteiger partial charge < -0.3 is 15.7 Å². The van der Waals surface area contributed by atoms with Crippen LogP contribution in [0.3, 0.4) is 0 Å². The van der Waals surface area contributed by atoms with E-state index in [4.69, 9.17) is 5.11 Å². The summed E-state index contributed by atoms with van der Waals surface area (Å²) in [5.41, 5.74) is 0.812. The summed E-state index contributed by atoms with van der Waals surface area (Å²) >= 11 is 0. The molecule has 2 amide bonds. The van der Waals surface area contributed by atoms with Gasteiger partial charge in [0.15, 0.2) is 0 Å². The minimum absolute atomic E-state index is 0.189. The van der Waals surface area contributed by atoms with Crippen LogP contribution in [0.15, 0.2) is 30.3 Å². The van der Waals surface area contributed by atoms with Gasteiger partial charge in [0.25, 0.3) is 0 Å². The zero-order chi connectivity index (χ0) is 15.1. The van der Waals surface area contributed by atoms with Gasteiger partial charge in [-0.15, -0.1) is 0 Å². The lowest BCUT2D eigenvalue weighted by atomic mass is 10.1. The summed E-state index contributed by atoms with van der Waals surface area (Å²) in [7, 11) is 0. The Kier molecular flexibility index (Phi) is 5.71. The first-order valence-electron chi connectivity index (χ1n) is 6.24. The van der Waals surface area contributed by atoms with Gasteiger partial charge in [-0.25, -0.2) is 4.79 Å². The van der Waals surface area contributed by atoms with Gasteiger partial charge in [-0.1, -0.05) is 30.3 Å². The Balaban J connectivity index is 2.66. The summed E-state index contributed by atoms with van der Waals surface area (Å²) in [6, 6.07) is 7.22. The molecule has 0 saturated carbocycles. The number of amides is 2. The number of carboxylic acids is 1. The summed E-state index contributed by atoms with van der Waals surface area (Å²) in [6.45, 7) is 2.79. The van der Waals surface area contributed by atoms with E-state index in [9.17, 15) is 14.4 Å². The van der Waals surface area contributed by atoms with Crippen LogP contribution >= 0.6 is 0 Å². The molecule has 1 aromatic rings. The molecule has 0 saturated heterocycles. The number of carboxylic acid groups (broad SMARTS) is 1. The molecule has 0 fully saturated rings. The molecule has 6 heteroatoms. The van der Waals surface area contributed by atoms with E-state index in [0.29, 0.717) is 0 Å². The molecule has 1 rings (SSSR count). The third-order valence-electron chi connectivity index (χ3n) is 2.71. The van der Waals surface area contributed by atoms with Gasteiger partial charge in [0.2, 0.25) is 11.8 Å². The molecule has 0 bridgehead atoms. The second kappa shape index (κ2) is 7.28. The van der Waals surface area contributed by atoms with Crippen molar-refractivity contribution in [3.63, 3.8) is 0 Å². The molecule has 0 aliphatic heterocycles. The second-order valence-corrected chi connectivity index (χ2v) is 4.51. The topological polar surface area (TPSA) is 95.5 Å². The molecule has 0 aromatic heterocycles. The van der Waals surface area contributed by atoms with E-state index in [1.165, 1.54) is 13.8 Å². The van der Waals surface area contributed by atoms with Crippen LogP contribution in [0.4, 0.5) is 0 Å². The lowest BCUT2D eigenvalue weighted by Gasteiger charge is -2.18. The molecule has 1 unspecified atom stereocenters. The Morgan fingerprint density at radius 3 is 2.25 bits per heavy atom. The molecular formula is C14H18N2O4. The molecule has 0 heterocycles. The molecule has 6 nitrogen and oxygen atoms in total. The first-order valence-corrected chi connectivity index (χ1v) is 6.24. The van der Waals surface area contributed by atoms with E-state index in [1.54, 1.807) is 24.3 Å². The largest absolute Gasteiger partial charge is 0.480 e. The Hall–Kier alpha value is -2.37. The van der Waals surface area contributed by atoms with E-state index < -0.39 is 24.0 Å². The fraction of sp³-hybridized carbons (Fsp3) is 0.357. The Morgan fingerprint density at radius 1 is 1.15 bits per heavy atom. The fourth-order valence-corrected chi connectivity index (χ4v) is 1.72. The van der Waals surface area contributed by atoms with E-state index in [-0.39, 0.29) is 12.3 Å². The van der Waals surface area contributed by atoms with Crippen molar-refractivity contribution >= 4 is 17.8 Å². The summed E-state index contributed by atoms with van der Waals surface area (Å²) in [6.07, 6.45) is 0.189. The molecule has 108 valence electrons. The van der Waals surface area contributed by atoms with Crippen LogP contribution in [-0.4, -0.2) is 35.0 Å². The number of aliphatic carboxylic acids is 1. The lowest BCUT2D eigenvalue weighted by Crippen LogP contribution is -2.50. The highest BCUT2D eigenvalue weighted by molar-refractivity contribution is 5.89. The SMILES string of the molecule is CC(=O)NC(C)C(=O)N[C@H](Cc1ccccc1)C(=O)O. The van der Waals surface area contributed by atoms with E-state index in [1.807, 2.05) is 6.07 Å². The lowest BCUT2D eigenvalue weighted by molar-refractivity contribution is -0.142. The van der Waals surface area contributed by atoms with Crippen molar-refractivity contribution in [2.24, 2.45) is 0 Å². The predicted octanol–water partition coefficient (Wildman–Crippen LogP) is 0.323. The van der Waals surface area contributed by atoms with Crippen molar-refractivity contribution in [3.05, 3.63) is 35.9 Å². The first kappa shape index (κ1) is 15.7. The van der Waals surface area contributed by atoms with Gasteiger partial charge in [-0.2, -0.15) is 0 Å². The molecule has 1 aromatic carbocycles. The number of carbonyl (C=O) groups is 3. The average molecular weight is 278 g/mol. The number of carbonyl (C=O) groups excluding carboxylic acids is 2. The molecular weight excluding hydrogens is 260 g/mol. The predicted molar refractivity (Wildman–Crippen MR) is 73.0 cm³/mol. The van der Waals surface area contributed by atoms with Crippen LogP contribution in [0.1, 0.15) is 19.4 Å². The Labute approximate surface area is 117 Å². The maximum Gasteiger partial charge on any atom is 0.326 e. The normalized spacial score (nSPS) is 13.1. The van der Waals surface area contributed by atoms with Crippen molar-refractivity contribution in [2.75, 3.05) is 0 Å². The average Bonchev–Trinajstić information content (AvgIpc) is 2.38. The van der Waals surface area contributed by atoms with E-state index in [0.717, 1.165) is 5.56 Å². The molecule has 0 aliphatic rings. The minimum atomic E-state index is -1.11. The number of benzene rings is 1. The second-order valence-electron chi connectivity index (χ2n) is 4.51. The number of hydrogen-bond donors (Lipinski definition) is 3. The van der Waals surface area contributed by atoms with Crippen molar-refractivity contribution < 1.29 is 19.5 Å². The van der Waals surface area contributed by atoms with Gasteiger partial charge in [0, 0.05) is 13.3 Å². The van der Waals surface area contributed by atoms with Crippen LogP contribution in [0.2, 0.25) is 0 Å². The van der Waals surface area contributed by atoms with E-state index in [2.05, 4.69) is 10.6 Å². The highest BCUT2D eigenvalue weighted by Crippen LogP contribution is 2.03. The maximum absolute atomic E-state index is 11.8. The maximum atomic E-state index is 11.8. The van der Waals surface area contributed by atoms with Crippen LogP contribution in [0, 0.1) is 0 Å². The fourth-order valence-electron chi connectivity index (χ4n) is 1.72.